The summed E-state index contributed by atoms with van der Waals surface area (Å²) in [6.07, 6.45) is -3.47. The highest BCUT2D eigenvalue weighted by molar-refractivity contribution is 7.93. The third kappa shape index (κ3) is 4.74. The van der Waals surface area contributed by atoms with Gasteiger partial charge in [-0.1, -0.05) is 40.6 Å². The third-order valence-electron chi connectivity index (χ3n) is 4.42. The van der Waals surface area contributed by atoms with E-state index in [0.29, 0.717) is 17.8 Å². The lowest BCUT2D eigenvalue weighted by Gasteiger charge is -2.16. The van der Waals surface area contributed by atoms with Crippen LogP contribution in [0.25, 0.3) is 0 Å². The normalized spacial score (nSPS) is 15.5. The zero-order chi connectivity index (χ0) is 22.4. The summed E-state index contributed by atoms with van der Waals surface area (Å²) in [5.41, 5.74) is -1.76. The van der Waals surface area contributed by atoms with Crippen LogP contribution in [0.4, 0.5) is 18.3 Å². The van der Waals surface area contributed by atoms with Crippen LogP contribution < -0.4 is 9.46 Å². The van der Waals surface area contributed by atoms with Crippen LogP contribution in [-0.2, 0) is 21.8 Å². The number of alkyl halides is 3. The van der Waals surface area contributed by atoms with Crippen molar-refractivity contribution in [2.24, 2.45) is 0 Å². The molecule has 1 N–H and O–H groups in total. The molecule has 0 aliphatic heterocycles. The minimum absolute atomic E-state index is 0.0139. The molecule has 0 bridgehead atoms. The van der Waals surface area contributed by atoms with Crippen LogP contribution in [0.5, 0.6) is 5.75 Å². The van der Waals surface area contributed by atoms with Crippen LogP contribution in [0.15, 0.2) is 47.4 Å². The van der Waals surface area contributed by atoms with Gasteiger partial charge in [0, 0.05) is 0 Å². The molecule has 3 aromatic rings. The van der Waals surface area contributed by atoms with E-state index in [1.807, 2.05) is 0 Å². The zero-order valence-electron chi connectivity index (χ0n) is 15.3. The first kappa shape index (κ1) is 22.1. The Hall–Kier alpha value is -2.08. The SMILES string of the molecule is O=S(=O)(Nc1nnc(C2(Oc3cccc(C(F)(F)F)c3)CC2)s1)c1ccc(Cl)c(Cl)c1. The van der Waals surface area contributed by atoms with Crippen molar-refractivity contribution >= 4 is 49.7 Å². The van der Waals surface area contributed by atoms with Crippen molar-refractivity contribution in [1.82, 2.24) is 10.2 Å². The maximum atomic E-state index is 12.9. The van der Waals surface area contributed by atoms with Crippen LogP contribution in [0, 0.1) is 0 Å². The summed E-state index contributed by atoms with van der Waals surface area (Å²) in [6, 6.07) is 8.38. The largest absolute Gasteiger partial charge is 0.480 e. The molecule has 31 heavy (non-hydrogen) atoms. The molecule has 1 aromatic heterocycles. The Balaban J connectivity index is 1.53. The summed E-state index contributed by atoms with van der Waals surface area (Å²) in [5, 5.41) is 8.44. The van der Waals surface area contributed by atoms with Gasteiger partial charge in [-0.3, -0.25) is 4.72 Å². The molecule has 6 nitrogen and oxygen atoms in total. The number of hydrogen-bond donors (Lipinski definition) is 1. The Kier molecular flexibility index (Phi) is 5.57. The van der Waals surface area contributed by atoms with Gasteiger partial charge in [0.2, 0.25) is 5.13 Å². The van der Waals surface area contributed by atoms with Crippen molar-refractivity contribution in [3.63, 3.8) is 0 Å². The molecule has 1 heterocycles. The highest BCUT2D eigenvalue weighted by atomic mass is 35.5. The van der Waals surface area contributed by atoms with Crippen molar-refractivity contribution in [1.29, 1.82) is 0 Å². The van der Waals surface area contributed by atoms with Crippen molar-refractivity contribution in [3.05, 3.63) is 63.1 Å². The Morgan fingerprint density at radius 2 is 1.81 bits per heavy atom. The van der Waals surface area contributed by atoms with Gasteiger partial charge in [0.1, 0.15) is 5.75 Å². The van der Waals surface area contributed by atoms with Gasteiger partial charge in [-0.15, -0.1) is 10.2 Å². The van der Waals surface area contributed by atoms with Gasteiger partial charge < -0.3 is 4.74 Å². The molecule has 1 aliphatic rings. The Labute approximate surface area is 189 Å². The summed E-state index contributed by atoms with van der Waals surface area (Å²) in [4.78, 5) is -0.111. The molecule has 1 saturated carbocycles. The summed E-state index contributed by atoms with van der Waals surface area (Å²) in [6.45, 7) is 0. The van der Waals surface area contributed by atoms with E-state index >= 15 is 0 Å². The van der Waals surface area contributed by atoms with Crippen molar-refractivity contribution in [2.75, 3.05) is 4.72 Å². The first-order valence-electron chi connectivity index (χ1n) is 8.67. The molecule has 1 aliphatic carbocycles. The van der Waals surface area contributed by atoms with Gasteiger partial charge in [-0.05, 0) is 49.2 Å². The first-order chi connectivity index (χ1) is 14.5. The second-order valence-corrected chi connectivity index (χ2v) is 10.2. The number of nitrogens with one attached hydrogen (secondary N) is 1. The van der Waals surface area contributed by atoms with Crippen LogP contribution in [0.2, 0.25) is 10.0 Å². The predicted molar refractivity (Wildman–Crippen MR) is 110 cm³/mol. The first-order valence-corrected chi connectivity index (χ1v) is 11.7. The van der Waals surface area contributed by atoms with Gasteiger partial charge in [0.15, 0.2) is 10.6 Å². The second kappa shape index (κ2) is 7.80. The summed E-state index contributed by atoms with van der Waals surface area (Å²) < 4.78 is 72.0. The average Bonchev–Trinajstić information content (AvgIpc) is 3.31. The summed E-state index contributed by atoms with van der Waals surface area (Å²) >= 11 is 12.6. The second-order valence-electron chi connectivity index (χ2n) is 6.72. The van der Waals surface area contributed by atoms with E-state index in [2.05, 4.69) is 14.9 Å². The highest BCUT2D eigenvalue weighted by Gasteiger charge is 2.51. The number of aromatic nitrogens is 2. The lowest BCUT2D eigenvalue weighted by atomic mass is 10.2. The van der Waals surface area contributed by atoms with Crippen LogP contribution in [-0.4, -0.2) is 18.6 Å². The van der Waals surface area contributed by atoms with E-state index in [-0.39, 0.29) is 25.8 Å². The topological polar surface area (TPSA) is 81.2 Å². The maximum Gasteiger partial charge on any atom is 0.416 e. The fourth-order valence-corrected chi connectivity index (χ4v) is 5.25. The van der Waals surface area contributed by atoms with E-state index in [0.717, 1.165) is 23.5 Å². The predicted octanol–water partition coefficient (Wildman–Crippen LogP) is 5.73. The molecule has 4 rings (SSSR count). The molecular weight excluding hydrogens is 498 g/mol. The van der Waals surface area contributed by atoms with Crippen molar-refractivity contribution in [3.8, 4) is 5.75 Å². The number of halogens is 5. The molecule has 0 amide bonds. The third-order valence-corrected chi connectivity index (χ3v) is 7.65. The molecule has 0 radical (unpaired) electrons. The number of nitrogens with zero attached hydrogens (tertiary/aromatic N) is 2. The maximum absolute atomic E-state index is 12.9. The zero-order valence-corrected chi connectivity index (χ0v) is 18.4. The standard InChI is InChI=1S/C18H12Cl2F3N3O3S2/c19-13-5-4-12(9-14(13)20)31(27,28)26-16-25-24-15(30-16)17(6-7-17)29-11-3-1-2-10(8-11)18(21,22)23/h1-5,8-9H,6-7H2,(H,25,26). The van der Waals surface area contributed by atoms with E-state index in [4.69, 9.17) is 27.9 Å². The Morgan fingerprint density at radius 1 is 1.06 bits per heavy atom. The van der Waals surface area contributed by atoms with Gasteiger partial charge in [-0.2, -0.15) is 13.2 Å². The molecule has 0 spiro atoms. The molecule has 0 saturated heterocycles. The quantitative estimate of drug-likeness (QED) is 0.458. The number of rotatable bonds is 6. The number of benzene rings is 2. The van der Waals surface area contributed by atoms with Gasteiger partial charge >= 0.3 is 6.18 Å². The number of hydrogen-bond acceptors (Lipinski definition) is 6. The molecule has 1 fully saturated rings. The van der Waals surface area contributed by atoms with E-state index in [1.165, 1.54) is 30.3 Å². The number of anilines is 1. The van der Waals surface area contributed by atoms with E-state index in [9.17, 15) is 21.6 Å². The fourth-order valence-electron chi connectivity index (χ4n) is 2.70. The van der Waals surface area contributed by atoms with Gasteiger partial charge in [-0.25, -0.2) is 8.42 Å². The molecule has 2 aromatic carbocycles. The minimum atomic E-state index is -4.49. The summed E-state index contributed by atoms with van der Waals surface area (Å²) in [7, 11) is -4.00. The van der Waals surface area contributed by atoms with Crippen LogP contribution in [0.3, 0.4) is 0 Å². The molecule has 0 unspecified atom stereocenters. The van der Waals surface area contributed by atoms with Gasteiger partial charge in [0.05, 0.1) is 20.5 Å². The monoisotopic (exact) mass is 509 g/mol. The number of sulfonamides is 1. The smallest absolute Gasteiger partial charge is 0.416 e. The lowest BCUT2D eigenvalue weighted by molar-refractivity contribution is -0.137. The Morgan fingerprint density at radius 3 is 2.45 bits per heavy atom. The van der Waals surface area contributed by atoms with Gasteiger partial charge in [0.25, 0.3) is 10.0 Å². The van der Waals surface area contributed by atoms with Crippen molar-refractivity contribution < 1.29 is 26.3 Å². The van der Waals surface area contributed by atoms with Crippen LogP contribution >= 0.6 is 34.5 Å². The highest BCUT2D eigenvalue weighted by Crippen LogP contribution is 2.51. The van der Waals surface area contributed by atoms with Crippen molar-refractivity contribution in [2.45, 2.75) is 29.5 Å². The number of ether oxygens (including phenoxy) is 1. The fraction of sp³-hybridized carbons (Fsp3) is 0.222. The minimum Gasteiger partial charge on any atom is -0.480 e. The molecular formula is C18H12Cl2F3N3O3S2. The molecule has 164 valence electrons. The molecule has 0 atom stereocenters. The summed E-state index contributed by atoms with van der Waals surface area (Å²) in [5.74, 6) is 0.0421. The van der Waals surface area contributed by atoms with E-state index < -0.39 is 27.4 Å². The van der Waals surface area contributed by atoms with E-state index in [1.54, 1.807) is 0 Å². The lowest BCUT2D eigenvalue weighted by Crippen LogP contribution is -2.16. The Bertz CT molecular complexity index is 1250. The molecule has 13 heteroatoms. The van der Waals surface area contributed by atoms with Crippen LogP contribution in [0.1, 0.15) is 23.4 Å². The average molecular weight is 510 g/mol.